The molecule has 0 bridgehead atoms. The lowest BCUT2D eigenvalue weighted by molar-refractivity contribution is 0.0597. The topological polar surface area (TPSA) is 92.2 Å². The smallest absolute Gasteiger partial charge is 0.341 e. The van der Waals surface area contributed by atoms with Crippen LogP contribution in [0.2, 0.25) is 0 Å². The van der Waals surface area contributed by atoms with Gasteiger partial charge in [-0.15, -0.1) is 0 Å². The van der Waals surface area contributed by atoms with Gasteiger partial charge in [-0.25, -0.2) is 4.79 Å². The molecule has 0 fully saturated rings. The van der Waals surface area contributed by atoms with Gasteiger partial charge in [0.1, 0.15) is 22.9 Å². The maximum absolute atomic E-state index is 11.9. The largest absolute Gasteiger partial charge is 0.496 e. The van der Waals surface area contributed by atoms with Crippen molar-refractivity contribution < 1.29 is 14.3 Å². The summed E-state index contributed by atoms with van der Waals surface area (Å²) in [7, 11) is 2.71. The number of aryl methyl sites for hydroxylation is 1. The number of carbonyl (C=O) groups is 1. The van der Waals surface area contributed by atoms with E-state index in [0.717, 1.165) is 0 Å². The van der Waals surface area contributed by atoms with Gasteiger partial charge in [-0.3, -0.25) is 4.79 Å². The van der Waals surface area contributed by atoms with Crippen LogP contribution in [0.25, 0.3) is 11.1 Å². The first-order valence-electron chi connectivity index (χ1n) is 6.42. The van der Waals surface area contributed by atoms with Gasteiger partial charge in [0, 0.05) is 11.3 Å². The van der Waals surface area contributed by atoms with Gasteiger partial charge in [0.25, 0.3) is 5.56 Å². The molecule has 6 nitrogen and oxygen atoms in total. The molecule has 1 heterocycles. The van der Waals surface area contributed by atoms with Gasteiger partial charge in [-0.2, -0.15) is 5.26 Å². The Labute approximate surface area is 126 Å². The minimum Gasteiger partial charge on any atom is -0.496 e. The first-order valence-corrected chi connectivity index (χ1v) is 6.42. The van der Waals surface area contributed by atoms with E-state index in [9.17, 15) is 14.9 Å². The fraction of sp³-hybridized carbons (Fsp3) is 0.188. The SMILES string of the molecule is COC(=O)c1cc(-c2cc(C)[nH]c(=O)c2C#N)ccc1OC. The number of hydrogen-bond donors (Lipinski definition) is 1. The Balaban J connectivity index is 2.72. The number of rotatable bonds is 3. The number of aromatic amines is 1. The number of hydrogen-bond acceptors (Lipinski definition) is 5. The van der Waals surface area contributed by atoms with Crippen molar-refractivity contribution in [1.82, 2.24) is 4.98 Å². The number of H-pyrrole nitrogens is 1. The summed E-state index contributed by atoms with van der Waals surface area (Å²) in [5.74, 6) is -0.200. The number of nitrogens with zero attached hydrogens (tertiary/aromatic N) is 1. The van der Waals surface area contributed by atoms with Gasteiger partial charge in [0.2, 0.25) is 0 Å². The van der Waals surface area contributed by atoms with Gasteiger partial charge in [-0.05, 0) is 30.7 Å². The molecule has 0 aliphatic rings. The zero-order valence-corrected chi connectivity index (χ0v) is 12.4. The van der Waals surface area contributed by atoms with E-state index in [1.54, 1.807) is 31.2 Å². The molecule has 22 heavy (non-hydrogen) atoms. The number of benzene rings is 1. The van der Waals surface area contributed by atoms with Crippen molar-refractivity contribution in [3.63, 3.8) is 0 Å². The maximum atomic E-state index is 11.9. The van der Waals surface area contributed by atoms with Crippen LogP contribution in [0.3, 0.4) is 0 Å². The van der Waals surface area contributed by atoms with E-state index in [0.29, 0.717) is 22.6 Å². The zero-order valence-electron chi connectivity index (χ0n) is 12.4. The Morgan fingerprint density at radius 3 is 2.59 bits per heavy atom. The summed E-state index contributed by atoms with van der Waals surface area (Å²) in [4.78, 5) is 26.3. The van der Waals surface area contributed by atoms with Crippen molar-refractivity contribution >= 4 is 5.97 Å². The van der Waals surface area contributed by atoms with Crippen LogP contribution >= 0.6 is 0 Å². The second-order valence-corrected chi connectivity index (χ2v) is 4.59. The predicted molar refractivity (Wildman–Crippen MR) is 79.8 cm³/mol. The normalized spacial score (nSPS) is 9.91. The third-order valence-corrected chi connectivity index (χ3v) is 3.20. The van der Waals surface area contributed by atoms with E-state index in [2.05, 4.69) is 4.98 Å². The van der Waals surface area contributed by atoms with Crippen LogP contribution in [0.15, 0.2) is 29.1 Å². The molecule has 1 N–H and O–H groups in total. The van der Waals surface area contributed by atoms with Crippen LogP contribution in [0.1, 0.15) is 21.6 Å². The number of ether oxygens (including phenoxy) is 2. The van der Waals surface area contributed by atoms with Gasteiger partial charge in [-0.1, -0.05) is 6.07 Å². The fourth-order valence-corrected chi connectivity index (χ4v) is 2.17. The molecule has 0 saturated carbocycles. The average molecular weight is 298 g/mol. The van der Waals surface area contributed by atoms with Crippen LogP contribution in [0, 0.1) is 18.3 Å². The summed E-state index contributed by atoms with van der Waals surface area (Å²) in [6.07, 6.45) is 0. The van der Waals surface area contributed by atoms with E-state index >= 15 is 0 Å². The van der Waals surface area contributed by atoms with Crippen LogP contribution in [-0.4, -0.2) is 25.2 Å². The Morgan fingerprint density at radius 2 is 2.00 bits per heavy atom. The Bertz CT molecular complexity index is 831. The average Bonchev–Trinajstić information content (AvgIpc) is 2.52. The monoisotopic (exact) mass is 298 g/mol. The summed E-state index contributed by atoms with van der Waals surface area (Å²) >= 11 is 0. The van der Waals surface area contributed by atoms with Crippen LogP contribution in [0.4, 0.5) is 0 Å². The summed E-state index contributed by atoms with van der Waals surface area (Å²) in [6, 6.07) is 8.39. The maximum Gasteiger partial charge on any atom is 0.341 e. The molecule has 0 atom stereocenters. The molecule has 0 unspecified atom stereocenters. The lowest BCUT2D eigenvalue weighted by Crippen LogP contribution is -2.13. The summed E-state index contributed by atoms with van der Waals surface area (Å²) in [6.45, 7) is 1.72. The highest BCUT2D eigenvalue weighted by Gasteiger charge is 2.16. The summed E-state index contributed by atoms with van der Waals surface area (Å²) in [5, 5.41) is 9.19. The summed E-state index contributed by atoms with van der Waals surface area (Å²) in [5.41, 5.74) is 1.39. The quantitative estimate of drug-likeness (QED) is 0.875. The third-order valence-electron chi connectivity index (χ3n) is 3.20. The van der Waals surface area contributed by atoms with Gasteiger partial charge >= 0.3 is 5.97 Å². The third kappa shape index (κ3) is 2.69. The van der Waals surface area contributed by atoms with Crippen molar-refractivity contribution in [3.8, 4) is 22.9 Å². The molecule has 0 aliphatic heterocycles. The van der Waals surface area contributed by atoms with Crippen LogP contribution in [0.5, 0.6) is 5.75 Å². The van der Waals surface area contributed by atoms with Gasteiger partial charge in [0.15, 0.2) is 0 Å². The minimum atomic E-state index is -0.557. The second kappa shape index (κ2) is 6.14. The van der Waals surface area contributed by atoms with E-state index in [-0.39, 0.29) is 11.1 Å². The first kappa shape index (κ1) is 15.3. The van der Waals surface area contributed by atoms with Gasteiger partial charge in [0.05, 0.1) is 14.2 Å². The van der Waals surface area contributed by atoms with Crippen molar-refractivity contribution in [1.29, 1.82) is 5.26 Å². The van der Waals surface area contributed by atoms with Crippen molar-refractivity contribution in [2.24, 2.45) is 0 Å². The molecule has 6 heteroatoms. The molecule has 112 valence electrons. The lowest BCUT2D eigenvalue weighted by Gasteiger charge is -2.10. The molecular formula is C16H14N2O4. The number of pyridine rings is 1. The standard InChI is InChI=1S/C16H14N2O4/c1-9-6-11(13(8-17)15(19)18-9)10-4-5-14(21-2)12(7-10)16(20)22-3/h4-7H,1-3H3,(H,18,19). The van der Waals surface area contributed by atoms with Crippen molar-refractivity contribution in [3.05, 3.63) is 51.4 Å². The molecule has 0 amide bonds. The van der Waals surface area contributed by atoms with E-state index in [1.807, 2.05) is 6.07 Å². The van der Waals surface area contributed by atoms with Crippen LogP contribution in [-0.2, 0) is 4.74 Å². The summed E-state index contributed by atoms with van der Waals surface area (Å²) < 4.78 is 9.85. The minimum absolute atomic E-state index is 0.00779. The second-order valence-electron chi connectivity index (χ2n) is 4.59. The molecule has 0 aliphatic carbocycles. The van der Waals surface area contributed by atoms with Gasteiger partial charge < -0.3 is 14.5 Å². The van der Waals surface area contributed by atoms with Crippen molar-refractivity contribution in [2.45, 2.75) is 6.92 Å². The first-order chi connectivity index (χ1) is 10.5. The Kier molecular flexibility index (Phi) is 4.28. The number of nitrogens with one attached hydrogen (secondary N) is 1. The molecule has 1 aromatic carbocycles. The lowest BCUT2D eigenvalue weighted by atomic mass is 9.98. The molecule has 2 rings (SSSR count). The highest BCUT2D eigenvalue weighted by atomic mass is 16.5. The predicted octanol–water partition coefficient (Wildman–Crippen LogP) is 2.02. The number of carbonyl (C=O) groups excluding carboxylic acids is 1. The van der Waals surface area contributed by atoms with Crippen molar-refractivity contribution in [2.75, 3.05) is 14.2 Å². The fourth-order valence-electron chi connectivity index (χ4n) is 2.17. The highest BCUT2D eigenvalue weighted by molar-refractivity contribution is 5.94. The molecule has 0 spiro atoms. The van der Waals surface area contributed by atoms with E-state index < -0.39 is 11.5 Å². The van der Waals surface area contributed by atoms with E-state index in [4.69, 9.17) is 9.47 Å². The molecule has 2 aromatic rings. The Hall–Kier alpha value is -3.07. The number of methoxy groups -OCH3 is 2. The van der Waals surface area contributed by atoms with Crippen LogP contribution < -0.4 is 10.3 Å². The Morgan fingerprint density at radius 1 is 1.27 bits per heavy atom. The molecule has 0 radical (unpaired) electrons. The number of nitriles is 1. The highest BCUT2D eigenvalue weighted by Crippen LogP contribution is 2.28. The molecular weight excluding hydrogens is 284 g/mol. The zero-order chi connectivity index (χ0) is 16.3. The van der Waals surface area contributed by atoms with E-state index in [1.165, 1.54) is 14.2 Å². The molecule has 0 saturated heterocycles. The number of aromatic nitrogens is 1. The molecule has 1 aromatic heterocycles. The number of esters is 1.